The van der Waals surface area contributed by atoms with Crippen LogP contribution in [0.5, 0.6) is 0 Å². The highest BCUT2D eigenvalue weighted by atomic mass is 127. The molecule has 30 heavy (non-hydrogen) atoms. The summed E-state index contributed by atoms with van der Waals surface area (Å²) < 4.78 is 5.18. The Morgan fingerprint density at radius 2 is 2.03 bits per heavy atom. The third-order valence-electron chi connectivity index (χ3n) is 6.06. The first-order valence-corrected chi connectivity index (χ1v) is 11.0. The molecule has 1 aromatic carbocycles. The first-order chi connectivity index (χ1) is 14.2. The van der Waals surface area contributed by atoms with E-state index in [4.69, 9.17) is 4.74 Å². The van der Waals surface area contributed by atoms with Gasteiger partial charge in [0.1, 0.15) is 0 Å². The van der Waals surface area contributed by atoms with E-state index in [0.717, 1.165) is 45.0 Å². The molecule has 168 valence electrons. The molecule has 0 radical (unpaired) electrons. The number of nitrogens with one attached hydrogen (secondary N) is 3. The monoisotopic (exact) mass is 527 g/mol. The summed E-state index contributed by atoms with van der Waals surface area (Å²) >= 11 is 0. The molecule has 2 heterocycles. The zero-order chi connectivity index (χ0) is 20.5. The van der Waals surface area contributed by atoms with E-state index in [9.17, 15) is 0 Å². The van der Waals surface area contributed by atoms with Crippen LogP contribution in [0.3, 0.4) is 0 Å². The number of rotatable bonds is 9. The van der Waals surface area contributed by atoms with Gasteiger partial charge in [0, 0.05) is 50.9 Å². The second-order valence-electron chi connectivity index (χ2n) is 7.91. The summed E-state index contributed by atoms with van der Waals surface area (Å²) in [4.78, 5) is 10.4. The Labute approximate surface area is 198 Å². The number of piperidine rings is 1. The Morgan fingerprint density at radius 1 is 1.23 bits per heavy atom. The zero-order valence-electron chi connectivity index (χ0n) is 18.7. The van der Waals surface area contributed by atoms with E-state index in [2.05, 4.69) is 56.8 Å². The van der Waals surface area contributed by atoms with Crippen molar-refractivity contribution in [2.75, 3.05) is 53.5 Å². The van der Waals surface area contributed by atoms with Gasteiger partial charge in [-0.1, -0.05) is 25.1 Å². The van der Waals surface area contributed by atoms with Gasteiger partial charge < -0.3 is 25.3 Å². The van der Waals surface area contributed by atoms with Gasteiger partial charge in [0.2, 0.25) is 0 Å². The lowest BCUT2D eigenvalue weighted by Gasteiger charge is -2.32. The summed E-state index contributed by atoms with van der Waals surface area (Å²) in [6.45, 7) is 8.28. The molecule has 1 fully saturated rings. The zero-order valence-corrected chi connectivity index (χ0v) is 21.0. The first-order valence-electron chi connectivity index (χ1n) is 11.0. The van der Waals surface area contributed by atoms with Gasteiger partial charge in [0.15, 0.2) is 5.96 Å². The summed E-state index contributed by atoms with van der Waals surface area (Å²) in [6, 6.07) is 6.58. The van der Waals surface area contributed by atoms with E-state index in [1.54, 1.807) is 7.11 Å². The van der Waals surface area contributed by atoms with Crippen LogP contribution in [0.25, 0.3) is 10.9 Å². The highest BCUT2D eigenvalue weighted by Crippen LogP contribution is 2.22. The van der Waals surface area contributed by atoms with Gasteiger partial charge in [0.25, 0.3) is 0 Å². The Morgan fingerprint density at radius 3 is 2.73 bits per heavy atom. The number of benzene rings is 1. The second-order valence-corrected chi connectivity index (χ2v) is 7.91. The number of hydrogen-bond donors (Lipinski definition) is 3. The molecule has 0 saturated carbocycles. The number of aryl methyl sites for hydroxylation is 1. The molecule has 0 amide bonds. The summed E-state index contributed by atoms with van der Waals surface area (Å²) in [5.41, 5.74) is 4.03. The maximum atomic E-state index is 5.18. The number of nitrogens with zero attached hydrogens (tertiary/aromatic N) is 2. The fourth-order valence-corrected chi connectivity index (χ4v) is 4.19. The fraction of sp³-hybridized carbons (Fsp3) is 0.609. The van der Waals surface area contributed by atoms with Gasteiger partial charge >= 0.3 is 0 Å². The minimum atomic E-state index is 0. The minimum absolute atomic E-state index is 0. The quantitative estimate of drug-likeness (QED) is 0.266. The molecule has 0 bridgehead atoms. The van der Waals surface area contributed by atoms with Crippen LogP contribution >= 0.6 is 24.0 Å². The number of guanidine groups is 1. The van der Waals surface area contributed by atoms with Gasteiger partial charge in [-0.15, -0.1) is 24.0 Å². The van der Waals surface area contributed by atoms with Crippen LogP contribution in [0.1, 0.15) is 30.9 Å². The van der Waals surface area contributed by atoms with E-state index < -0.39 is 0 Å². The SMILES string of the molecule is CCc1cccc2c(CCNC(=NC)NCC3CCN(CCOC)CC3)c[nH]c12.I. The number of aromatic amines is 1. The number of likely N-dealkylation sites (tertiary alicyclic amines) is 1. The Kier molecular flexibility index (Phi) is 11.0. The van der Waals surface area contributed by atoms with Crippen LogP contribution in [-0.2, 0) is 17.6 Å². The maximum absolute atomic E-state index is 5.18. The lowest BCUT2D eigenvalue weighted by molar-refractivity contribution is 0.121. The van der Waals surface area contributed by atoms with Crippen molar-refractivity contribution >= 4 is 40.8 Å². The van der Waals surface area contributed by atoms with Crippen molar-refractivity contribution < 1.29 is 4.74 Å². The van der Waals surface area contributed by atoms with Gasteiger partial charge in [-0.2, -0.15) is 0 Å². The molecule has 0 aliphatic carbocycles. The molecular formula is C23H38IN5O. The van der Waals surface area contributed by atoms with Crippen molar-refractivity contribution in [3.63, 3.8) is 0 Å². The van der Waals surface area contributed by atoms with Crippen molar-refractivity contribution in [3.8, 4) is 0 Å². The van der Waals surface area contributed by atoms with Crippen LogP contribution in [0.15, 0.2) is 29.4 Å². The molecule has 1 aliphatic rings. The van der Waals surface area contributed by atoms with Crippen molar-refractivity contribution in [1.82, 2.24) is 20.5 Å². The highest BCUT2D eigenvalue weighted by Gasteiger charge is 2.19. The number of ether oxygens (including phenoxy) is 1. The number of fused-ring (bicyclic) bond motifs is 1. The fourth-order valence-electron chi connectivity index (χ4n) is 4.19. The van der Waals surface area contributed by atoms with Crippen LogP contribution < -0.4 is 10.6 Å². The standard InChI is InChI=1S/C23H37N5O.HI/c1-4-19-6-5-7-21-20(17-26-22(19)21)8-11-25-23(24-2)27-16-18-9-12-28(13-10-18)14-15-29-3;/h5-7,17-18,26H,4,8-16H2,1-3H3,(H2,24,25,27);1H. The van der Waals surface area contributed by atoms with Crippen molar-refractivity contribution in [2.24, 2.45) is 10.9 Å². The molecule has 0 atom stereocenters. The molecule has 1 aromatic heterocycles. The van der Waals surface area contributed by atoms with Crippen LogP contribution in [0.2, 0.25) is 0 Å². The van der Waals surface area contributed by atoms with Crippen molar-refractivity contribution in [3.05, 3.63) is 35.5 Å². The Hall–Kier alpha value is -1.32. The maximum Gasteiger partial charge on any atom is 0.190 e. The molecule has 0 unspecified atom stereocenters. The molecule has 0 spiro atoms. The highest BCUT2D eigenvalue weighted by molar-refractivity contribution is 14.0. The average Bonchev–Trinajstić information content (AvgIpc) is 3.18. The van der Waals surface area contributed by atoms with Crippen molar-refractivity contribution in [1.29, 1.82) is 0 Å². The molecular weight excluding hydrogens is 489 g/mol. The third-order valence-corrected chi connectivity index (χ3v) is 6.06. The van der Waals surface area contributed by atoms with Gasteiger partial charge in [-0.25, -0.2) is 0 Å². The lowest BCUT2D eigenvalue weighted by atomic mass is 9.97. The Bertz CT molecular complexity index is 783. The smallest absolute Gasteiger partial charge is 0.190 e. The summed E-state index contributed by atoms with van der Waals surface area (Å²) in [7, 11) is 3.62. The van der Waals surface area contributed by atoms with Gasteiger partial charge in [0.05, 0.1) is 6.61 Å². The first kappa shape index (κ1) is 24.9. The third kappa shape index (κ3) is 6.85. The average molecular weight is 527 g/mol. The number of aromatic nitrogens is 1. The molecule has 6 nitrogen and oxygen atoms in total. The van der Waals surface area contributed by atoms with Crippen LogP contribution in [-0.4, -0.2) is 69.3 Å². The number of para-hydroxylation sites is 1. The van der Waals surface area contributed by atoms with E-state index in [0.29, 0.717) is 5.92 Å². The predicted octanol–water partition coefficient (Wildman–Crippen LogP) is 3.41. The van der Waals surface area contributed by atoms with Gasteiger partial charge in [-0.05, 0) is 55.8 Å². The normalized spacial score (nSPS) is 15.9. The molecule has 1 aliphatic heterocycles. The topological polar surface area (TPSA) is 64.7 Å². The molecule has 2 aromatic rings. The number of H-pyrrole nitrogens is 1. The number of hydrogen-bond acceptors (Lipinski definition) is 3. The molecule has 1 saturated heterocycles. The Balaban J connectivity index is 0.00000320. The van der Waals surface area contributed by atoms with E-state index in [-0.39, 0.29) is 24.0 Å². The summed E-state index contributed by atoms with van der Waals surface area (Å²) in [6.07, 6.45) is 6.66. The molecule has 3 N–H and O–H groups in total. The number of methoxy groups -OCH3 is 1. The predicted molar refractivity (Wildman–Crippen MR) is 137 cm³/mol. The van der Waals surface area contributed by atoms with E-state index in [1.807, 2.05) is 7.05 Å². The number of aliphatic imine (C=N–C) groups is 1. The summed E-state index contributed by atoms with van der Waals surface area (Å²) in [5.74, 6) is 1.62. The minimum Gasteiger partial charge on any atom is -0.383 e. The van der Waals surface area contributed by atoms with E-state index in [1.165, 1.54) is 48.0 Å². The van der Waals surface area contributed by atoms with E-state index >= 15 is 0 Å². The molecule has 3 rings (SSSR count). The summed E-state index contributed by atoms with van der Waals surface area (Å²) in [5, 5.41) is 8.34. The van der Waals surface area contributed by atoms with Crippen LogP contribution in [0, 0.1) is 5.92 Å². The molecule has 7 heteroatoms. The largest absolute Gasteiger partial charge is 0.383 e. The van der Waals surface area contributed by atoms with Crippen LogP contribution in [0.4, 0.5) is 0 Å². The number of halogens is 1. The lowest BCUT2D eigenvalue weighted by Crippen LogP contribution is -2.43. The van der Waals surface area contributed by atoms with Crippen molar-refractivity contribution in [2.45, 2.75) is 32.6 Å². The second kappa shape index (κ2) is 13.2. The van der Waals surface area contributed by atoms with Gasteiger partial charge in [-0.3, -0.25) is 4.99 Å².